The minimum Gasteiger partial charge on any atom is -0.454 e. The maximum atomic E-state index is 11.6. The molecule has 0 saturated heterocycles. The van der Waals surface area contributed by atoms with Gasteiger partial charge in [0.15, 0.2) is 12.4 Å². The van der Waals surface area contributed by atoms with E-state index in [0.29, 0.717) is 5.56 Å². The van der Waals surface area contributed by atoms with Gasteiger partial charge in [-0.05, 0) is 12.1 Å². The largest absolute Gasteiger partial charge is 0.454 e. The van der Waals surface area contributed by atoms with Crippen molar-refractivity contribution in [1.82, 2.24) is 19.9 Å². The van der Waals surface area contributed by atoms with E-state index in [1.54, 1.807) is 18.3 Å². The molecule has 8 nitrogen and oxygen atoms in total. The number of nitrogens with two attached hydrogens (primary N) is 2. The molecule has 0 aromatic carbocycles. The van der Waals surface area contributed by atoms with E-state index in [9.17, 15) is 4.79 Å². The summed E-state index contributed by atoms with van der Waals surface area (Å²) in [5.74, 6) is -0.372. The van der Waals surface area contributed by atoms with Gasteiger partial charge in [0, 0.05) is 12.4 Å². The molecule has 0 aliphatic carbocycles. The Kier molecular flexibility index (Phi) is 3.28. The van der Waals surface area contributed by atoms with Crippen LogP contribution in [0, 0.1) is 0 Å². The van der Waals surface area contributed by atoms with Crippen molar-refractivity contribution in [2.24, 2.45) is 0 Å². The molecule has 18 heavy (non-hydrogen) atoms. The number of aromatic nitrogens is 4. The molecule has 0 radical (unpaired) electrons. The van der Waals surface area contributed by atoms with E-state index in [1.807, 2.05) is 0 Å². The Balaban J connectivity index is 2.02. The Morgan fingerprint density at radius 1 is 1.22 bits per heavy atom. The van der Waals surface area contributed by atoms with Crippen LogP contribution in [0.3, 0.4) is 0 Å². The van der Waals surface area contributed by atoms with E-state index < -0.39 is 5.97 Å². The number of hydrogen-bond acceptors (Lipinski definition) is 8. The van der Waals surface area contributed by atoms with E-state index in [0.717, 1.165) is 0 Å². The summed E-state index contributed by atoms with van der Waals surface area (Å²) in [5, 5.41) is 0. The molecule has 0 fully saturated rings. The third-order valence-electron chi connectivity index (χ3n) is 1.95. The fraction of sp³-hybridized carbons (Fsp3) is 0.100. The normalized spacial score (nSPS) is 10.0. The van der Waals surface area contributed by atoms with Crippen LogP contribution in [0.15, 0.2) is 24.5 Å². The van der Waals surface area contributed by atoms with Crippen LogP contribution in [0.1, 0.15) is 16.2 Å². The highest BCUT2D eigenvalue weighted by Gasteiger charge is 2.09. The number of carbonyl (C=O) groups is 1. The van der Waals surface area contributed by atoms with Crippen LogP contribution in [-0.2, 0) is 11.3 Å². The molecule has 0 amide bonds. The fourth-order valence-electron chi connectivity index (χ4n) is 1.22. The zero-order valence-electron chi connectivity index (χ0n) is 9.28. The molecule has 0 atom stereocenters. The molecule has 4 N–H and O–H groups in total. The molecule has 8 heteroatoms. The highest BCUT2D eigenvalue weighted by atomic mass is 16.5. The van der Waals surface area contributed by atoms with Crippen molar-refractivity contribution in [3.8, 4) is 0 Å². The summed E-state index contributed by atoms with van der Waals surface area (Å²) in [6.07, 6.45) is 2.96. The van der Waals surface area contributed by atoms with E-state index in [1.165, 1.54) is 6.20 Å². The van der Waals surface area contributed by atoms with Crippen molar-refractivity contribution in [2.45, 2.75) is 6.61 Å². The second kappa shape index (κ2) is 5.04. The molecule has 2 aromatic heterocycles. The molecular weight excluding hydrogens is 236 g/mol. The summed E-state index contributed by atoms with van der Waals surface area (Å²) < 4.78 is 4.98. The van der Waals surface area contributed by atoms with Crippen molar-refractivity contribution in [3.05, 3.63) is 35.9 Å². The van der Waals surface area contributed by atoms with Gasteiger partial charge in [0.2, 0.25) is 11.9 Å². The standard InChI is InChI=1S/C10H10N6O2/c11-9-14-7(15-10(12)16-9)5-18-8(17)6-2-1-3-13-4-6/h1-4H,5H2,(H4,11,12,14,15,16). The smallest absolute Gasteiger partial charge is 0.340 e. The van der Waals surface area contributed by atoms with E-state index in [4.69, 9.17) is 16.2 Å². The van der Waals surface area contributed by atoms with Crippen molar-refractivity contribution in [1.29, 1.82) is 0 Å². The van der Waals surface area contributed by atoms with Crippen LogP contribution in [0.2, 0.25) is 0 Å². The Morgan fingerprint density at radius 2 is 1.94 bits per heavy atom. The average molecular weight is 246 g/mol. The van der Waals surface area contributed by atoms with Crippen LogP contribution in [-0.4, -0.2) is 25.9 Å². The number of pyridine rings is 1. The van der Waals surface area contributed by atoms with Crippen LogP contribution in [0.25, 0.3) is 0 Å². The summed E-state index contributed by atoms with van der Waals surface area (Å²) in [4.78, 5) is 26.6. The third kappa shape index (κ3) is 2.88. The van der Waals surface area contributed by atoms with E-state index >= 15 is 0 Å². The van der Waals surface area contributed by atoms with Gasteiger partial charge in [0.05, 0.1) is 5.56 Å². The second-order valence-corrected chi connectivity index (χ2v) is 3.29. The summed E-state index contributed by atoms with van der Waals surface area (Å²) in [6, 6.07) is 3.22. The monoisotopic (exact) mass is 246 g/mol. The molecule has 2 rings (SSSR count). The molecule has 0 spiro atoms. The van der Waals surface area contributed by atoms with Crippen LogP contribution >= 0.6 is 0 Å². The Hall–Kier alpha value is -2.77. The first-order valence-corrected chi connectivity index (χ1v) is 4.98. The lowest BCUT2D eigenvalue weighted by Gasteiger charge is -2.04. The lowest BCUT2D eigenvalue weighted by Crippen LogP contribution is -2.11. The number of carbonyl (C=O) groups excluding carboxylic acids is 1. The van der Waals surface area contributed by atoms with Gasteiger partial charge < -0.3 is 16.2 Å². The minimum atomic E-state index is -0.527. The molecule has 2 aromatic rings. The summed E-state index contributed by atoms with van der Waals surface area (Å²) in [6.45, 7) is -0.134. The number of rotatable bonds is 3. The second-order valence-electron chi connectivity index (χ2n) is 3.29. The van der Waals surface area contributed by atoms with Gasteiger partial charge in [-0.25, -0.2) is 4.79 Å². The Morgan fingerprint density at radius 3 is 2.56 bits per heavy atom. The molecule has 2 heterocycles. The first kappa shape index (κ1) is 11.7. The Labute approximate surface area is 102 Å². The number of esters is 1. The predicted octanol–water partition coefficient (Wildman–Crippen LogP) is -0.212. The van der Waals surface area contributed by atoms with Gasteiger partial charge in [-0.15, -0.1) is 0 Å². The molecule has 0 unspecified atom stereocenters. The van der Waals surface area contributed by atoms with Crippen LogP contribution in [0.5, 0.6) is 0 Å². The molecule has 0 saturated carbocycles. The van der Waals surface area contributed by atoms with Gasteiger partial charge in [0.25, 0.3) is 0 Å². The van der Waals surface area contributed by atoms with Crippen molar-refractivity contribution < 1.29 is 9.53 Å². The summed E-state index contributed by atoms with van der Waals surface area (Å²) in [7, 11) is 0. The number of nitrogens with zero attached hydrogens (tertiary/aromatic N) is 4. The van der Waals surface area contributed by atoms with Gasteiger partial charge in [-0.1, -0.05) is 0 Å². The zero-order valence-corrected chi connectivity index (χ0v) is 9.28. The number of hydrogen-bond donors (Lipinski definition) is 2. The maximum Gasteiger partial charge on any atom is 0.340 e. The molecule has 0 aliphatic rings. The number of anilines is 2. The van der Waals surface area contributed by atoms with E-state index in [2.05, 4.69) is 19.9 Å². The molecule has 92 valence electrons. The SMILES string of the molecule is Nc1nc(N)nc(COC(=O)c2cccnc2)n1. The molecule has 0 aliphatic heterocycles. The van der Waals surface area contributed by atoms with Gasteiger partial charge in [-0.3, -0.25) is 4.98 Å². The van der Waals surface area contributed by atoms with Gasteiger partial charge in [-0.2, -0.15) is 15.0 Å². The van der Waals surface area contributed by atoms with E-state index in [-0.39, 0.29) is 24.3 Å². The first-order valence-electron chi connectivity index (χ1n) is 4.98. The lowest BCUT2D eigenvalue weighted by atomic mass is 10.3. The summed E-state index contributed by atoms with van der Waals surface area (Å²) >= 11 is 0. The predicted molar refractivity (Wildman–Crippen MR) is 62.0 cm³/mol. The highest BCUT2D eigenvalue weighted by molar-refractivity contribution is 5.88. The minimum absolute atomic E-state index is 0.0186. The van der Waals surface area contributed by atoms with Crippen molar-refractivity contribution >= 4 is 17.9 Å². The molecular formula is C10H10N6O2. The lowest BCUT2D eigenvalue weighted by molar-refractivity contribution is 0.0461. The zero-order chi connectivity index (χ0) is 13.0. The van der Waals surface area contributed by atoms with Crippen molar-refractivity contribution in [3.63, 3.8) is 0 Å². The number of ether oxygens (including phenoxy) is 1. The maximum absolute atomic E-state index is 11.6. The van der Waals surface area contributed by atoms with Gasteiger partial charge in [0.1, 0.15) is 0 Å². The highest BCUT2D eigenvalue weighted by Crippen LogP contribution is 2.04. The fourth-order valence-corrected chi connectivity index (χ4v) is 1.22. The van der Waals surface area contributed by atoms with Crippen LogP contribution in [0.4, 0.5) is 11.9 Å². The Bertz CT molecular complexity index is 539. The van der Waals surface area contributed by atoms with Crippen LogP contribution < -0.4 is 11.5 Å². The van der Waals surface area contributed by atoms with Crippen molar-refractivity contribution in [2.75, 3.05) is 11.5 Å². The summed E-state index contributed by atoms with van der Waals surface area (Å²) in [5.41, 5.74) is 11.1. The first-order chi connectivity index (χ1) is 8.65. The quantitative estimate of drug-likeness (QED) is 0.711. The molecule has 0 bridgehead atoms. The third-order valence-corrected chi connectivity index (χ3v) is 1.95. The topological polar surface area (TPSA) is 130 Å². The number of nitrogen functional groups attached to an aromatic ring is 2. The van der Waals surface area contributed by atoms with Gasteiger partial charge >= 0.3 is 5.97 Å². The average Bonchev–Trinajstić information content (AvgIpc) is 2.36.